The van der Waals surface area contributed by atoms with Crippen LogP contribution in [-0.4, -0.2) is 19.8 Å². The highest BCUT2D eigenvalue weighted by Crippen LogP contribution is 2.24. The van der Waals surface area contributed by atoms with Crippen molar-refractivity contribution in [3.63, 3.8) is 0 Å². The minimum absolute atomic E-state index is 0.0150. The van der Waals surface area contributed by atoms with Gasteiger partial charge in [0.25, 0.3) is 0 Å². The second-order valence-electron chi connectivity index (χ2n) is 3.34. The number of benzene rings is 1. The molecule has 15 heavy (non-hydrogen) atoms. The summed E-state index contributed by atoms with van der Waals surface area (Å²) in [4.78, 5) is 0. The summed E-state index contributed by atoms with van der Waals surface area (Å²) in [5.74, 6) is 0.731. The highest BCUT2D eigenvalue weighted by Gasteiger charge is 2.08. The van der Waals surface area contributed by atoms with Gasteiger partial charge >= 0.3 is 0 Å². The van der Waals surface area contributed by atoms with Gasteiger partial charge in [-0.15, -0.1) is 0 Å². The first kappa shape index (κ1) is 12.3. The SMILES string of the molecule is COCC(C)Oc1cc(Cl)ccc1CN. The quantitative estimate of drug-likeness (QED) is 0.842. The molecule has 0 amide bonds. The van der Waals surface area contributed by atoms with Crippen LogP contribution < -0.4 is 10.5 Å². The minimum Gasteiger partial charge on any atom is -0.488 e. The standard InChI is InChI=1S/C11H16ClNO2/c1-8(7-14-2)15-11-5-10(12)4-3-9(11)6-13/h3-5,8H,6-7,13H2,1-2H3. The van der Waals surface area contributed by atoms with Crippen LogP contribution >= 0.6 is 11.6 Å². The molecule has 1 unspecified atom stereocenters. The van der Waals surface area contributed by atoms with Crippen molar-refractivity contribution >= 4 is 11.6 Å². The molecule has 0 aliphatic heterocycles. The molecular formula is C11H16ClNO2. The monoisotopic (exact) mass is 229 g/mol. The Morgan fingerprint density at radius 2 is 2.20 bits per heavy atom. The van der Waals surface area contributed by atoms with E-state index in [1.54, 1.807) is 19.2 Å². The fourth-order valence-electron chi connectivity index (χ4n) is 1.29. The van der Waals surface area contributed by atoms with Crippen LogP contribution in [0, 0.1) is 0 Å². The van der Waals surface area contributed by atoms with Crippen LogP contribution in [0.4, 0.5) is 0 Å². The van der Waals surface area contributed by atoms with Crippen molar-refractivity contribution in [3.8, 4) is 5.75 Å². The summed E-state index contributed by atoms with van der Waals surface area (Å²) in [5, 5.41) is 0.645. The first-order valence-electron chi connectivity index (χ1n) is 4.81. The summed E-state index contributed by atoms with van der Waals surface area (Å²) in [6, 6.07) is 5.45. The molecule has 0 aromatic heterocycles. The van der Waals surface area contributed by atoms with Gasteiger partial charge in [0.15, 0.2) is 0 Å². The van der Waals surface area contributed by atoms with Gasteiger partial charge in [0, 0.05) is 24.2 Å². The van der Waals surface area contributed by atoms with E-state index < -0.39 is 0 Å². The van der Waals surface area contributed by atoms with Crippen molar-refractivity contribution in [2.75, 3.05) is 13.7 Å². The Labute approximate surface area is 95.1 Å². The number of halogens is 1. The number of hydrogen-bond acceptors (Lipinski definition) is 3. The van der Waals surface area contributed by atoms with Gasteiger partial charge in [-0.25, -0.2) is 0 Å². The second-order valence-corrected chi connectivity index (χ2v) is 3.78. The van der Waals surface area contributed by atoms with Crippen molar-refractivity contribution in [1.29, 1.82) is 0 Å². The normalized spacial score (nSPS) is 12.5. The lowest BCUT2D eigenvalue weighted by atomic mass is 10.2. The largest absolute Gasteiger partial charge is 0.488 e. The summed E-state index contributed by atoms with van der Waals surface area (Å²) < 4.78 is 10.7. The molecule has 0 saturated heterocycles. The van der Waals surface area contributed by atoms with E-state index in [2.05, 4.69) is 0 Å². The van der Waals surface area contributed by atoms with Crippen LogP contribution in [0.1, 0.15) is 12.5 Å². The van der Waals surface area contributed by atoms with Gasteiger partial charge in [-0.3, -0.25) is 0 Å². The highest BCUT2D eigenvalue weighted by molar-refractivity contribution is 6.30. The predicted octanol–water partition coefficient (Wildman–Crippen LogP) is 2.21. The Morgan fingerprint density at radius 3 is 2.80 bits per heavy atom. The first-order valence-corrected chi connectivity index (χ1v) is 5.19. The molecule has 0 aliphatic rings. The third-order valence-electron chi connectivity index (χ3n) is 1.98. The Bertz CT molecular complexity index is 317. The smallest absolute Gasteiger partial charge is 0.125 e. The van der Waals surface area contributed by atoms with Crippen LogP contribution in [0.25, 0.3) is 0 Å². The zero-order valence-corrected chi connectivity index (χ0v) is 9.75. The van der Waals surface area contributed by atoms with E-state index in [1.807, 2.05) is 13.0 Å². The van der Waals surface area contributed by atoms with Gasteiger partial charge < -0.3 is 15.2 Å². The fraction of sp³-hybridized carbons (Fsp3) is 0.455. The number of hydrogen-bond donors (Lipinski definition) is 1. The molecule has 0 saturated carbocycles. The molecule has 1 aromatic rings. The number of methoxy groups -OCH3 is 1. The Hall–Kier alpha value is -0.770. The fourth-order valence-corrected chi connectivity index (χ4v) is 1.45. The Morgan fingerprint density at radius 1 is 1.47 bits per heavy atom. The first-order chi connectivity index (χ1) is 7.17. The topological polar surface area (TPSA) is 44.5 Å². The van der Waals surface area contributed by atoms with Crippen molar-refractivity contribution in [2.45, 2.75) is 19.6 Å². The van der Waals surface area contributed by atoms with Crippen LogP contribution in [0.3, 0.4) is 0 Å². The lowest BCUT2D eigenvalue weighted by Crippen LogP contribution is -2.19. The summed E-state index contributed by atoms with van der Waals surface area (Å²) >= 11 is 5.88. The molecule has 3 nitrogen and oxygen atoms in total. The summed E-state index contributed by atoms with van der Waals surface area (Å²) in [5.41, 5.74) is 6.54. The molecule has 1 aromatic carbocycles. The number of nitrogens with two attached hydrogens (primary N) is 1. The molecule has 2 N–H and O–H groups in total. The maximum absolute atomic E-state index is 5.88. The third kappa shape index (κ3) is 3.70. The molecule has 0 aliphatic carbocycles. The molecule has 84 valence electrons. The lowest BCUT2D eigenvalue weighted by Gasteiger charge is -2.16. The maximum atomic E-state index is 5.88. The average molecular weight is 230 g/mol. The zero-order valence-electron chi connectivity index (χ0n) is 9.00. The van der Waals surface area contributed by atoms with Crippen molar-refractivity contribution < 1.29 is 9.47 Å². The zero-order chi connectivity index (χ0) is 11.3. The Balaban J connectivity index is 2.77. The summed E-state index contributed by atoms with van der Waals surface area (Å²) in [6.07, 6.45) is -0.0150. The molecule has 0 spiro atoms. The molecule has 0 bridgehead atoms. The van der Waals surface area contributed by atoms with Gasteiger partial charge in [0.05, 0.1) is 6.61 Å². The predicted molar refractivity (Wildman–Crippen MR) is 61.3 cm³/mol. The molecule has 0 heterocycles. The highest BCUT2D eigenvalue weighted by atomic mass is 35.5. The molecule has 0 radical (unpaired) electrons. The Kier molecular flexibility index (Phi) is 4.88. The minimum atomic E-state index is -0.0150. The van der Waals surface area contributed by atoms with Gasteiger partial charge in [-0.2, -0.15) is 0 Å². The average Bonchev–Trinajstić information content (AvgIpc) is 2.18. The molecule has 0 fully saturated rings. The summed E-state index contributed by atoms with van der Waals surface area (Å²) in [6.45, 7) is 2.91. The van der Waals surface area contributed by atoms with E-state index in [-0.39, 0.29) is 6.10 Å². The number of ether oxygens (including phenoxy) is 2. The number of rotatable bonds is 5. The van der Waals surface area contributed by atoms with E-state index >= 15 is 0 Å². The van der Waals surface area contributed by atoms with Gasteiger partial charge in [0.2, 0.25) is 0 Å². The molecule has 1 atom stereocenters. The van der Waals surface area contributed by atoms with Crippen LogP contribution in [-0.2, 0) is 11.3 Å². The van der Waals surface area contributed by atoms with Crippen molar-refractivity contribution in [2.24, 2.45) is 5.73 Å². The van der Waals surface area contributed by atoms with Gasteiger partial charge in [-0.05, 0) is 19.1 Å². The van der Waals surface area contributed by atoms with E-state index in [0.717, 1.165) is 11.3 Å². The van der Waals surface area contributed by atoms with E-state index in [4.69, 9.17) is 26.8 Å². The molecular weight excluding hydrogens is 214 g/mol. The van der Waals surface area contributed by atoms with E-state index in [0.29, 0.717) is 18.2 Å². The third-order valence-corrected chi connectivity index (χ3v) is 2.21. The summed E-state index contributed by atoms with van der Waals surface area (Å²) in [7, 11) is 1.64. The van der Waals surface area contributed by atoms with Crippen molar-refractivity contribution in [1.82, 2.24) is 0 Å². The van der Waals surface area contributed by atoms with Crippen LogP contribution in [0.5, 0.6) is 5.75 Å². The van der Waals surface area contributed by atoms with E-state index in [9.17, 15) is 0 Å². The molecule has 4 heteroatoms. The van der Waals surface area contributed by atoms with Crippen LogP contribution in [0.15, 0.2) is 18.2 Å². The van der Waals surface area contributed by atoms with Gasteiger partial charge in [-0.1, -0.05) is 17.7 Å². The van der Waals surface area contributed by atoms with Gasteiger partial charge in [0.1, 0.15) is 11.9 Å². The van der Waals surface area contributed by atoms with E-state index in [1.165, 1.54) is 0 Å². The van der Waals surface area contributed by atoms with Crippen molar-refractivity contribution in [3.05, 3.63) is 28.8 Å². The lowest BCUT2D eigenvalue weighted by molar-refractivity contribution is 0.0914. The molecule has 1 rings (SSSR count). The second kappa shape index (κ2) is 5.95. The maximum Gasteiger partial charge on any atom is 0.125 e. The van der Waals surface area contributed by atoms with Crippen LogP contribution in [0.2, 0.25) is 5.02 Å².